The standard InChI is InChI=1S/C18H27N3O5/c1-24-14(12-19)11-17(22)20-6-8-21(9-7-20)18(23)13-4-5-15(25-2)16(10-13)26-3/h4-5,10,14H,6-9,11-12,19H2,1-3H3. The van der Waals surface area contributed by atoms with Gasteiger partial charge in [0, 0.05) is 45.4 Å². The molecule has 2 amide bonds. The van der Waals surface area contributed by atoms with Crippen LogP contribution in [0, 0.1) is 0 Å². The molecular weight excluding hydrogens is 338 g/mol. The van der Waals surface area contributed by atoms with E-state index in [-0.39, 0.29) is 24.3 Å². The Morgan fingerprint density at radius 1 is 1.04 bits per heavy atom. The van der Waals surface area contributed by atoms with Gasteiger partial charge in [-0.25, -0.2) is 0 Å². The van der Waals surface area contributed by atoms with Crippen molar-refractivity contribution in [1.29, 1.82) is 0 Å². The molecule has 0 bridgehead atoms. The number of benzene rings is 1. The number of nitrogens with two attached hydrogens (primary N) is 1. The topological polar surface area (TPSA) is 94.3 Å². The van der Waals surface area contributed by atoms with E-state index in [1.165, 1.54) is 7.11 Å². The maximum absolute atomic E-state index is 12.7. The van der Waals surface area contributed by atoms with E-state index in [1.54, 1.807) is 42.2 Å². The number of nitrogens with zero attached hydrogens (tertiary/aromatic N) is 2. The van der Waals surface area contributed by atoms with Crippen molar-refractivity contribution < 1.29 is 23.8 Å². The summed E-state index contributed by atoms with van der Waals surface area (Å²) >= 11 is 0. The highest BCUT2D eigenvalue weighted by molar-refractivity contribution is 5.95. The number of carbonyl (C=O) groups excluding carboxylic acids is 2. The lowest BCUT2D eigenvalue weighted by Gasteiger charge is -2.35. The summed E-state index contributed by atoms with van der Waals surface area (Å²) < 4.78 is 15.6. The maximum Gasteiger partial charge on any atom is 0.254 e. The Morgan fingerprint density at radius 2 is 1.65 bits per heavy atom. The molecule has 1 unspecified atom stereocenters. The molecule has 1 aromatic rings. The Balaban J connectivity index is 1.95. The lowest BCUT2D eigenvalue weighted by molar-refractivity contribution is -0.135. The van der Waals surface area contributed by atoms with Gasteiger partial charge in [-0.05, 0) is 18.2 Å². The SMILES string of the molecule is COc1ccc(C(=O)N2CCN(C(=O)CC(CN)OC)CC2)cc1OC. The minimum absolute atomic E-state index is 0.000477. The van der Waals surface area contributed by atoms with Crippen LogP contribution in [0.25, 0.3) is 0 Å². The van der Waals surface area contributed by atoms with Crippen LogP contribution in [0.2, 0.25) is 0 Å². The van der Waals surface area contributed by atoms with E-state index in [4.69, 9.17) is 19.9 Å². The summed E-state index contributed by atoms with van der Waals surface area (Å²) in [5, 5.41) is 0. The fraction of sp³-hybridized carbons (Fsp3) is 0.556. The van der Waals surface area contributed by atoms with E-state index in [1.807, 2.05) is 0 Å². The van der Waals surface area contributed by atoms with Gasteiger partial charge >= 0.3 is 0 Å². The minimum Gasteiger partial charge on any atom is -0.493 e. The van der Waals surface area contributed by atoms with E-state index in [2.05, 4.69) is 0 Å². The lowest BCUT2D eigenvalue weighted by atomic mass is 10.1. The van der Waals surface area contributed by atoms with Crippen molar-refractivity contribution in [1.82, 2.24) is 9.80 Å². The molecule has 8 heteroatoms. The highest BCUT2D eigenvalue weighted by Gasteiger charge is 2.26. The number of carbonyl (C=O) groups is 2. The summed E-state index contributed by atoms with van der Waals surface area (Å²) in [6.45, 7) is 2.27. The number of methoxy groups -OCH3 is 3. The molecule has 1 aliphatic rings. The quantitative estimate of drug-likeness (QED) is 0.749. The van der Waals surface area contributed by atoms with Crippen LogP contribution in [0.1, 0.15) is 16.8 Å². The molecule has 8 nitrogen and oxygen atoms in total. The largest absolute Gasteiger partial charge is 0.493 e. The molecule has 1 atom stereocenters. The van der Waals surface area contributed by atoms with Crippen molar-refractivity contribution in [2.24, 2.45) is 5.73 Å². The Bertz CT molecular complexity index is 625. The van der Waals surface area contributed by atoms with Gasteiger partial charge in [-0.1, -0.05) is 0 Å². The van der Waals surface area contributed by atoms with Gasteiger partial charge in [0.1, 0.15) is 0 Å². The molecule has 1 saturated heterocycles. The van der Waals surface area contributed by atoms with Gasteiger partial charge < -0.3 is 29.7 Å². The number of rotatable bonds is 7. The van der Waals surface area contributed by atoms with Crippen LogP contribution >= 0.6 is 0 Å². The van der Waals surface area contributed by atoms with Gasteiger partial charge in [0.05, 0.1) is 26.7 Å². The predicted molar refractivity (Wildman–Crippen MR) is 96.5 cm³/mol. The smallest absolute Gasteiger partial charge is 0.254 e. The third-order valence-corrected chi connectivity index (χ3v) is 4.55. The summed E-state index contributed by atoms with van der Waals surface area (Å²) in [6, 6.07) is 5.10. The van der Waals surface area contributed by atoms with Crippen LogP contribution in [-0.2, 0) is 9.53 Å². The second-order valence-electron chi connectivity index (χ2n) is 6.04. The molecule has 1 fully saturated rings. The molecular formula is C18H27N3O5. The van der Waals surface area contributed by atoms with E-state index in [0.717, 1.165) is 0 Å². The van der Waals surface area contributed by atoms with Crippen LogP contribution in [0.5, 0.6) is 11.5 Å². The average molecular weight is 365 g/mol. The fourth-order valence-corrected chi connectivity index (χ4v) is 2.90. The van der Waals surface area contributed by atoms with Gasteiger partial charge in [-0.15, -0.1) is 0 Å². The zero-order valence-electron chi connectivity index (χ0n) is 15.6. The first kappa shape index (κ1) is 20.0. The van der Waals surface area contributed by atoms with Crippen LogP contribution < -0.4 is 15.2 Å². The first-order valence-corrected chi connectivity index (χ1v) is 8.56. The Morgan fingerprint density at radius 3 is 2.19 bits per heavy atom. The Hall–Kier alpha value is -2.32. The molecule has 0 spiro atoms. The third-order valence-electron chi connectivity index (χ3n) is 4.55. The van der Waals surface area contributed by atoms with Crippen molar-refractivity contribution >= 4 is 11.8 Å². The zero-order valence-corrected chi connectivity index (χ0v) is 15.6. The predicted octanol–water partition coefficient (Wildman–Crippen LogP) is 0.352. The minimum atomic E-state index is -0.270. The molecule has 2 rings (SSSR count). The van der Waals surface area contributed by atoms with Crippen molar-refractivity contribution in [3.63, 3.8) is 0 Å². The second-order valence-corrected chi connectivity index (χ2v) is 6.04. The monoisotopic (exact) mass is 365 g/mol. The van der Waals surface area contributed by atoms with E-state index < -0.39 is 0 Å². The lowest BCUT2D eigenvalue weighted by Crippen LogP contribution is -2.51. The number of hydrogen-bond acceptors (Lipinski definition) is 6. The van der Waals surface area contributed by atoms with Crippen LogP contribution in [0.3, 0.4) is 0 Å². The van der Waals surface area contributed by atoms with Gasteiger partial charge in [-0.3, -0.25) is 9.59 Å². The van der Waals surface area contributed by atoms with Gasteiger partial charge in [0.15, 0.2) is 11.5 Å². The van der Waals surface area contributed by atoms with E-state index in [0.29, 0.717) is 49.8 Å². The molecule has 0 radical (unpaired) electrons. The van der Waals surface area contributed by atoms with E-state index >= 15 is 0 Å². The summed E-state index contributed by atoms with van der Waals surface area (Å²) in [7, 11) is 4.63. The number of ether oxygens (including phenoxy) is 3. The number of piperazine rings is 1. The van der Waals surface area contributed by atoms with Crippen LogP contribution in [0.15, 0.2) is 18.2 Å². The van der Waals surface area contributed by atoms with Crippen molar-refractivity contribution in [3.8, 4) is 11.5 Å². The summed E-state index contributed by atoms with van der Waals surface area (Å²) in [5.41, 5.74) is 6.10. The van der Waals surface area contributed by atoms with Gasteiger partial charge in [0.25, 0.3) is 5.91 Å². The highest BCUT2D eigenvalue weighted by Crippen LogP contribution is 2.28. The van der Waals surface area contributed by atoms with Crippen LogP contribution in [0.4, 0.5) is 0 Å². The maximum atomic E-state index is 12.7. The summed E-state index contributed by atoms with van der Waals surface area (Å²) in [6.07, 6.45) is -0.00897. The molecule has 1 heterocycles. The molecule has 1 aliphatic heterocycles. The molecule has 1 aromatic carbocycles. The number of hydrogen-bond donors (Lipinski definition) is 1. The first-order chi connectivity index (χ1) is 12.5. The normalized spacial score (nSPS) is 15.5. The van der Waals surface area contributed by atoms with Crippen LogP contribution in [-0.4, -0.2) is 81.8 Å². The first-order valence-electron chi connectivity index (χ1n) is 8.56. The summed E-state index contributed by atoms with van der Waals surface area (Å²) in [4.78, 5) is 28.5. The van der Waals surface area contributed by atoms with Crippen molar-refractivity contribution in [2.75, 3.05) is 54.1 Å². The fourth-order valence-electron chi connectivity index (χ4n) is 2.90. The Kier molecular flexibility index (Phi) is 7.23. The molecule has 0 aromatic heterocycles. The van der Waals surface area contributed by atoms with Gasteiger partial charge in [0.2, 0.25) is 5.91 Å². The molecule has 144 valence electrons. The molecule has 0 saturated carbocycles. The van der Waals surface area contributed by atoms with Crippen molar-refractivity contribution in [2.45, 2.75) is 12.5 Å². The zero-order chi connectivity index (χ0) is 19.1. The molecule has 2 N–H and O–H groups in total. The average Bonchev–Trinajstić information content (AvgIpc) is 2.70. The second kappa shape index (κ2) is 9.40. The van der Waals surface area contributed by atoms with Crippen molar-refractivity contribution in [3.05, 3.63) is 23.8 Å². The highest BCUT2D eigenvalue weighted by atomic mass is 16.5. The molecule has 26 heavy (non-hydrogen) atoms. The Labute approximate surface area is 153 Å². The van der Waals surface area contributed by atoms with E-state index in [9.17, 15) is 9.59 Å². The van der Waals surface area contributed by atoms with Gasteiger partial charge in [-0.2, -0.15) is 0 Å². The summed E-state index contributed by atoms with van der Waals surface area (Å²) in [5.74, 6) is 1.00. The third kappa shape index (κ3) is 4.64. The molecule has 0 aliphatic carbocycles. The number of amides is 2.